The maximum Gasteiger partial charge on any atom is 0.302 e. The van der Waals surface area contributed by atoms with E-state index in [4.69, 9.17) is 0 Å². The Hall–Kier alpha value is -8.72. The molecule has 2 N–H and O–H groups in total. The van der Waals surface area contributed by atoms with Gasteiger partial charge in [-0.1, -0.05) is 398 Å². The minimum absolute atomic E-state index is 0.00463. The predicted molar refractivity (Wildman–Crippen MR) is 437 cm³/mol. The second-order valence-corrected chi connectivity index (χ2v) is 14.6. The minimum atomic E-state index is -0.245. The molecule has 1 aliphatic rings. The van der Waals surface area contributed by atoms with Crippen molar-refractivity contribution in [3.63, 3.8) is 0 Å². The molecule has 1 aliphatic heterocycles. The number of hydrogen-bond donors (Lipinski definition) is 2. The van der Waals surface area contributed by atoms with E-state index in [1.54, 1.807) is 52.6 Å². The number of carbonyl (C=O) groups is 4. The second kappa shape index (κ2) is 144. The van der Waals surface area contributed by atoms with Gasteiger partial charge in [0.15, 0.2) is 0 Å². The van der Waals surface area contributed by atoms with Gasteiger partial charge in [-0.15, -0.1) is 11.8 Å². The van der Waals surface area contributed by atoms with Gasteiger partial charge in [0.05, 0.1) is 18.2 Å². The smallest absolute Gasteiger partial charge is 0.302 e. The van der Waals surface area contributed by atoms with E-state index in [1.165, 1.54) is 28.0 Å². The molecule has 0 radical (unpaired) electrons. The van der Waals surface area contributed by atoms with Crippen molar-refractivity contribution in [3.8, 4) is 11.8 Å². The van der Waals surface area contributed by atoms with Gasteiger partial charge in [-0.2, -0.15) is 0 Å². The third-order valence-corrected chi connectivity index (χ3v) is 7.95. The van der Waals surface area contributed by atoms with Crippen LogP contribution in [0.1, 0.15) is 186 Å². The van der Waals surface area contributed by atoms with Gasteiger partial charge in [-0.25, -0.2) is 0 Å². The Bertz CT molecular complexity index is 1880. The van der Waals surface area contributed by atoms with Crippen LogP contribution in [-0.4, -0.2) is 91.8 Å². The fourth-order valence-electron chi connectivity index (χ4n) is 4.18. The van der Waals surface area contributed by atoms with Crippen molar-refractivity contribution in [1.29, 1.82) is 0 Å². The molecule has 1 heterocycles. The summed E-state index contributed by atoms with van der Waals surface area (Å²) in [6.07, 6.45) is 0.983. The normalized spacial score (nSPS) is 7.56. The molecule has 9 rings (SSSR count). The summed E-state index contributed by atoms with van der Waals surface area (Å²) in [5, 5.41) is 5.14. The molecule has 550 valence electrons. The van der Waals surface area contributed by atoms with Crippen LogP contribution in [0.2, 0.25) is 0 Å². The molecule has 8 aromatic rings. The largest absolute Gasteiger partial charge is 0.469 e. The predicted octanol–water partition coefficient (Wildman–Crippen LogP) is 24.1. The van der Waals surface area contributed by atoms with E-state index < -0.39 is 0 Å². The Morgan fingerprint density at radius 2 is 0.485 bits per heavy atom. The molecule has 0 atom stereocenters. The Morgan fingerprint density at radius 1 is 0.361 bits per heavy atom. The summed E-state index contributed by atoms with van der Waals surface area (Å²) in [5.74, 6) is 4.96. The third-order valence-electron chi connectivity index (χ3n) is 7.95. The first-order valence-electron chi connectivity index (χ1n) is 34.4. The lowest BCUT2D eigenvalue weighted by Gasteiger charge is -2.02. The zero-order chi connectivity index (χ0) is 77.9. The third kappa shape index (κ3) is 140. The van der Waals surface area contributed by atoms with Crippen LogP contribution in [0.5, 0.6) is 0 Å². The highest BCUT2D eigenvalue weighted by atomic mass is 16.5. The highest BCUT2D eigenvalue weighted by molar-refractivity contribution is 6.21. The Kier molecular flexibility index (Phi) is 180. The topological polar surface area (TPSA) is 123 Å². The van der Waals surface area contributed by atoms with Crippen molar-refractivity contribution in [1.82, 2.24) is 15.5 Å². The van der Waals surface area contributed by atoms with Gasteiger partial charge in [0, 0.05) is 62.3 Å². The minimum Gasteiger partial charge on any atom is -0.469 e. The van der Waals surface area contributed by atoms with E-state index >= 15 is 0 Å². The number of ether oxygens (including phenoxy) is 3. The lowest BCUT2D eigenvalue weighted by molar-refractivity contribution is -0.138. The average molecular weight is 1350 g/mol. The van der Waals surface area contributed by atoms with E-state index in [-0.39, 0.29) is 23.7 Å². The molecular formula is C87H145N3O7. The first-order valence-corrected chi connectivity index (χ1v) is 34.4. The number of benzene rings is 8. The van der Waals surface area contributed by atoms with Crippen LogP contribution < -0.4 is 10.6 Å². The van der Waals surface area contributed by atoms with Gasteiger partial charge in [0.25, 0.3) is 11.8 Å². The van der Waals surface area contributed by atoms with Gasteiger partial charge < -0.3 is 24.8 Å². The molecule has 0 saturated carbocycles. The van der Waals surface area contributed by atoms with Crippen LogP contribution in [0.25, 0.3) is 0 Å². The number of esters is 1. The first-order chi connectivity index (χ1) is 47.4. The maximum atomic E-state index is 11.3. The molecule has 0 unspecified atom stereocenters. The monoisotopic (exact) mass is 1340 g/mol. The van der Waals surface area contributed by atoms with Crippen LogP contribution >= 0.6 is 0 Å². The molecule has 97 heavy (non-hydrogen) atoms. The zero-order valence-corrected chi connectivity index (χ0v) is 67.3. The summed E-state index contributed by atoms with van der Waals surface area (Å²) < 4.78 is 12.9. The SMILES string of the molecule is CC.CC.CC.CC.CC.CC.CC.CC.CC.CC#CCC.CCOC.CN1C(=O)c2ccccc2C1=O.CNC.CNC(C)=O.COC.COC(C)=O.c1ccccc1.c1ccccc1.c1ccccc1.c1ccccc1.c1ccccc1.c1ccccc1.c1ccccc1. The van der Waals surface area contributed by atoms with Crippen molar-refractivity contribution in [2.75, 3.05) is 63.2 Å². The van der Waals surface area contributed by atoms with E-state index in [0.29, 0.717) is 11.1 Å². The highest BCUT2D eigenvalue weighted by Crippen LogP contribution is 2.20. The number of amides is 3. The second-order valence-electron chi connectivity index (χ2n) is 14.6. The lowest BCUT2D eigenvalue weighted by atomic mass is 10.1. The van der Waals surface area contributed by atoms with Gasteiger partial charge in [-0.3, -0.25) is 24.1 Å². The summed E-state index contributed by atoms with van der Waals surface area (Å²) >= 11 is 0. The number of fused-ring (bicyclic) bond motifs is 1. The molecule has 0 spiro atoms. The van der Waals surface area contributed by atoms with Crippen molar-refractivity contribution < 1.29 is 33.4 Å². The Balaban J connectivity index is -0.0000000633. The Morgan fingerprint density at radius 3 is 0.546 bits per heavy atom. The lowest BCUT2D eigenvalue weighted by Crippen LogP contribution is -2.24. The van der Waals surface area contributed by atoms with Crippen LogP contribution in [0, 0.1) is 11.8 Å². The molecule has 10 nitrogen and oxygen atoms in total. The molecule has 0 bridgehead atoms. The summed E-state index contributed by atoms with van der Waals surface area (Å²) in [5.41, 5.74) is 1.01. The van der Waals surface area contributed by atoms with E-state index in [2.05, 4.69) is 36.7 Å². The molecule has 0 aliphatic carbocycles. The molecule has 0 aromatic heterocycles. The van der Waals surface area contributed by atoms with Crippen LogP contribution in [-0.2, 0) is 23.8 Å². The number of methoxy groups -OCH3 is 3. The average Bonchev–Trinajstić information content (AvgIpc) is 1.66. The number of nitrogens with one attached hydrogen (secondary N) is 2. The summed E-state index contributed by atoms with van der Waals surface area (Å²) in [6, 6.07) is 90.8. The van der Waals surface area contributed by atoms with Crippen molar-refractivity contribution in [3.05, 3.63) is 290 Å². The van der Waals surface area contributed by atoms with Crippen molar-refractivity contribution in [2.45, 2.75) is 166 Å². The zero-order valence-electron chi connectivity index (χ0n) is 67.3. The van der Waals surface area contributed by atoms with E-state index in [9.17, 15) is 19.2 Å². The van der Waals surface area contributed by atoms with Gasteiger partial charge >= 0.3 is 5.97 Å². The first kappa shape index (κ1) is 122. The van der Waals surface area contributed by atoms with Gasteiger partial charge in [0.1, 0.15) is 0 Å². The quantitative estimate of drug-likeness (QED) is 0.0946. The summed E-state index contributed by atoms with van der Waals surface area (Å²) in [7, 11) is 13.1. The molecular weight excluding hydrogens is 1200 g/mol. The van der Waals surface area contributed by atoms with E-state index in [0.717, 1.165) is 17.9 Å². The van der Waals surface area contributed by atoms with Gasteiger partial charge in [0.2, 0.25) is 5.91 Å². The van der Waals surface area contributed by atoms with Crippen LogP contribution in [0.4, 0.5) is 0 Å². The number of imide groups is 1. The summed E-state index contributed by atoms with van der Waals surface area (Å²) in [4.78, 5) is 43.0. The Labute approximate surface area is 600 Å². The van der Waals surface area contributed by atoms with Crippen LogP contribution in [0.3, 0.4) is 0 Å². The van der Waals surface area contributed by atoms with Crippen molar-refractivity contribution >= 4 is 23.7 Å². The number of hydrogen-bond acceptors (Lipinski definition) is 8. The fourth-order valence-corrected chi connectivity index (χ4v) is 4.18. The number of rotatable bonds is 1. The number of nitrogens with zero attached hydrogens (tertiary/aromatic N) is 1. The molecule has 8 aromatic carbocycles. The molecule has 0 saturated heterocycles. The van der Waals surface area contributed by atoms with Crippen molar-refractivity contribution in [2.24, 2.45) is 0 Å². The maximum absolute atomic E-state index is 11.3. The highest BCUT2D eigenvalue weighted by Gasteiger charge is 2.31. The molecule has 10 heteroatoms. The molecule has 0 fully saturated rings. The summed E-state index contributed by atoms with van der Waals surface area (Å²) in [6.45, 7) is 45.5. The van der Waals surface area contributed by atoms with Gasteiger partial charge in [-0.05, 0) is 40.1 Å². The van der Waals surface area contributed by atoms with Crippen LogP contribution in [0.15, 0.2) is 279 Å². The van der Waals surface area contributed by atoms with E-state index in [1.807, 2.05) is 414 Å². The molecule has 3 amide bonds. The fraction of sp³-hybridized carbons (Fsp3) is 0.379. The number of carbonyl (C=O) groups excluding carboxylic acids is 4. The standard InChI is InChI=1S/C9H7NO2.7C6H6.C5H8.C3H7NO.C3H6O2.C3H8O.C2H7N.C2H6O.9C2H6/c1-10-8(11)6-4-2-3-5-7(6)9(10)12;7*1-2-4-6-5-3-1;1-3-5-4-2;1-3(5)4-2;1-3(4)5-2;1-3-4-2;2*1-3-2;9*1-2/h2-5H,1H3;7*1-6H;3H2,1-2H3;1-2H3,(H,4,5);1-2H3;3H2,1-2H3;3H,1-2H3;1-2H3;9*1-2H3.